The average molecular weight is 298 g/mol. The van der Waals surface area contributed by atoms with Gasteiger partial charge in [0.25, 0.3) is 0 Å². The minimum atomic E-state index is -0.0803. The van der Waals surface area contributed by atoms with Crippen LogP contribution in [0.25, 0.3) is 11.3 Å². The number of hydrogen-bond donors (Lipinski definition) is 1. The molecule has 0 radical (unpaired) electrons. The second-order valence-electron chi connectivity index (χ2n) is 5.20. The normalized spacial score (nSPS) is 14.0. The van der Waals surface area contributed by atoms with Crippen LogP contribution in [0.15, 0.2) is 45.4 Å². The molecule has 1 N–H and O–H groups in total. The van der Waals surface area contributed by atoms with E-state index in [1.54, 1.807) is 13.1 Å². The third kappa shape index (κ3) is 3.07. The van der Waals surface area contributed by atoms with Crippen molar-refractivity contribution in [2.75, 3.05) is 0 Å². The Morgan fingerprint density at radius 1 is 0.955 bits per heavy atom. The van der Waals surface area contributed by atoms with E-state index < -0.39 is 0 Å². The second-order valence-corrected chi connectivity index (χ2v) is 5.20. The van der Waals surface area contributed by atoms with Gasteiger partial charge in [-0.2, -0.15) is 0 Å². The molecule has 0 aliphatic rings. The maximum atomic E-state index is 5.83. The van der Waals surface area contributed by atoms with E-state index in [1.807, 2.05) is 44.2 Å². The molecule has 3 aromatic rings. The fraction of sp³-hybridized carbons (Fsp3) is 0.312. The summed E-state index contributed by atoms with van der Waals surface area (Å²) in [5.41, 5.74) is 1.01. The minimum absolute atomic E-state index is 0.0698. The largest absolute Gasteiger partial charge is 0.439 e. The lowest BCUT2D eigenvalue weighted by Gasteiger charge is -2.14. The second kappa shape index (κ2) is 6.11. The molecule has 2 atom stereocenters. The predicted molar refractivity (Wildman–Crippen MR) is 80.9 cm³/mol. The van der Waals surface area contributed by atoms with Crippen molar-refractivity contribution in [1.82, 2.24) is 20.5 Å². The minimum Gasteiger partial charge on any atom is -0.439 e. The Morgan fingerprint density at radius 2 is 1.68 bits per heavy atom. The van der Waals surface area contributed by atoms with Gasteiger partial charge in [0.05, 0.1) is 18.3 Å². The van der Waals surface area contributed by atoms with Crippen molar-refractivity contribution in [3.05, 3.63) is 54.2 Å². The summed E-state index contributed by atoms with van der Waals surface area (Å²) in [5.74, 6) is 2.49. The van der Waals surface area contributed by atoms with Crippen molar-refractivity contribution in [3.63, 3.8) is 0 Å². The summed E-state index contributed by atoms with van der Waals surface area (Å²) in [6, 6.07) is 9.75. The Bertz CT molecular complexity index is 735. The van der Waals surface area contributed by atoms with Gasteiger partial charge in [-0.1, -0.05) is 30.3 Å². The molecule has 6 nitrogen and oxygen atoms in total. The first kappa shape index (κ1) is 14.5. The molecule has 3 rings (SSSR count). The fourth-order valence-corrected chi connectivity index (χ4v) is 2.23. The molecule has 0 unspecified atom stereocenters. The summed E-state index contributed by atoms with van der Waals surface area (Å²) in [6.07, 6.45) is 1.74. The van der Waals surface area contributed by atoms with Gasteiger partial charge < -0.3 is 8.83 Å². The van der Waals surface area contributed by atoms with Gasteiger partial charge in [0.15, 0.2) is 5.76 Å². The topological polar surface area (TPSA) is 77.0 Å². The van der Waals surface area contributed by atoms with Crippen molar-refractivity contribution in [1.29, 1.82) is 0 Å². The Morgan fingerprint density at radius 3 is 2.36 bits per heavy atom. The van der Waals surface area contributed by atoms with Crippen LogP contribution < -0.4 is 5.32 Å². The highest BCUT2D eigenvalue weighted by atomic mass is 16.4. The molecule has 2 heterocycles. The average Bonchev–Trinajstić information content (AvgIpc) is 3.17. The Labute approximate surface area is 128 Å². The highest BCUT2D eigenvalue weighted by Crippen LogP contribution is 2.24. The first-order valence-corrected chi connectivity index (χ1v) is 7.20. The molecular weight excluding hydrogens is 280 g/mol. The molecule has 0 spiro atoms. The molecule has 22 heavy (non-hydrogen) atoms. The van der Waals surface area contributed by atoms with Crippen molar-refractivity contribution < 1.29 is 8.83 Å². The Hall–Kier alpha value is -2.47. The van der Waals surface area contributed by atoms with Crippen LogP contribution in [-0.4, -0.2) is 15.2 Å². The first-order valence-electron chi connectivity index (χ1n) is 7.20. The van der Waals surface area contributed by atoms with Crippen LogP contribution in [0.1, 0.15) is 43.6 Å². The lowest BCUT2D eigenvalue weighted by molar-refractivity contribution is 0.348. The molecular formula is C16H18N4O2. The van der Waals surface area contributed by atoms with E-state index in [0.29, 0.717) is 17.7 Å². The summed E-state index contributed by atoms with van der Waals surface area (Å²) in [5, 5.41) is 11.2. The zero-order valence-electron chi connectivity index (χ0n) is 12.8. The van der Waals surface area contributed by atoms with Gasteiger partial charge in [-0.15, -0.1) is 10.2 Å². The number of hydrogen-bond acceptors (Lipinski definition) is 6. The van der Waals surface area contributed by atoms with Gasteiger partial charge in [-0.25, -0.2) is 4.98 Å². The quantitative estimate of drug-likeness (QED) is 0.777. The van der Waals surface area contributed by atoms with Gasteiger partial charge in [0, 0.05) is 12.5 Å². The molecule has 0 aliphatic heterocycles. The summed E-state index contributed by atoms with van der Waals surface area (Å²) in [6.45, 7) is 5.72. The van der Waals surface area contributed by atoms with Crippen molar-refractivity contribution in [2.45, 2.75) is 32.9 Å². The smallest absolute Gasteiger partial charge is 0.233 e. The molecule has 114 valence electrons. The van der Waals surface area contributed by atoms with Gasteiger partial charge in [0.1, 0.15) is 0 Å². The van der Waals surface area contributed by atoms with Crippen LogP contribution >= 0.6 is 0 Å². The number of nitrogens with zero attached hydrogens (tertiary/aromatic N) is 3. The van der Waals surface area contributed by atoms with E-state index in [2.05, 4.69) is 20.5 Å². The lowest BCUT2D eigenvalue weighted by Crippen LogP contribution is -2.23. The predicted octanol–water partition coefficient (Wildman–Crippen LogP) is 3.44. The third-order valence-corrected chi connectivity index (χ3v) is 3.36. The fourth-order valence-electron chi connectivity index (χ4n) is 2.23. The van der Waals surface area contributed by atoms with Crippen LogP contribution in [0.4, 0.5) is 0 Å². The number of oxazole rings is 1. The first-order chi connectivity index (χ1) is 10.6. The van der Waals surface area contributed by atoms with Crippen LogP contribution in [0.2, 0.25) is 0 Å². The van der Waals surface area contributed by atoms with Crippen molar-refractivity contribution in [2.24, 2.45) is 0 Å². The standard InChI is InChI=1S/C16H18N4O2/c1-10(18-11(2)16-20-19-12(3)21-16)15-17-9-14(22-15)13-7-5-4-6-8-13/h4-11,18H,1-3H3/t10-,11-/m0/s1. The zero-order valence-corrected chi connectivity index (χ0v) is 12.8. The monoisotopic (exact) mass is 298 g/mol. The van der Waals surface area contributed by atoms with Gasteiger partial charge in [0.2, 0.25) is 17.7 Å². The van der Waals surface area contributed by atoms with Crippen LogP contribution in [-0.2, 0) is 0 Å². The Balaban J connectivity index is 1.70. The molecule has 0 saturated heterocycles. The number of aromatic nitrogens is 3. The summed E-state index contributed by atoms with van der Waals surface area (Å²) in [4.78, 5) is 4.35. The van der Waals surface area contributed by atoms with Crippen LogP contribution in [0.5, 0.6) is 0 Å². The zero-order chi connectivity index (χ0) is 15.5. The number of aryl methyl sites for hydroxylation is 1. The molecule has 1 aromatic carbocycles. The number of benzene rings is 1. The van der Waals surface area contributed by atoms with E-state index in [1.165, 1.54) is 0 Å². The maximum Gasteiger partial charge on any atom is 0.233 e. The van der Waals surface area contributed by atoms with E-state index >= 15 is 0 Å². The molecule has 0 fully saturated rings. The Kier molecular flexibility index (Phi) is 4.02. The van der Waals surface area contributed by atoms with Crippen molar-refractivity contribution in [3.8, 4) is 11.3 Å². The lowest BCUT2D eigenvalue weighted by atomic mass is 10.2. The summed E-state index contributed by atoms with van der Waals surface area (Å²) in [7, 11) is 0. The third-order valence-electron chi connectivity index (χ3n) is 3.36. The highest BCUT2D eigenvalue weighted by Gasteiger charge is 2.19. The highest BCUT2D eigenvalue weighted by molar-refractivity contribution is 5.55. The SMILES string of the molecule is Cc1nnc([C@H](C)N[C@@H](C)c2ncc(-c3ccccc3)o2)o1. The molecule has 6 heteroatoms. The number of rotatable bonds is 5. The molecule has 0 amide bonds. The van der Waals surface area contributed by atoms with Crippen LogP contribution in [0, 0.1) is 6.92 Å². The molecule has 0 saturated carbocycles. The van der Waals surface area contributed by atoms with Gasteiger partial charge >= 0.3 is 0 Å². The van der Waals surface area contributed by atoms with Gasteiger partial charge in [-0.05, 0) is 13.8 Å². The summed E-state index contributed by atoms with van der Waals surface area (Å²) < 4.78 is 11.3. The van der Waals surface area contributed by atoms with Crippen LogP contribution in [0.3, 0.4) is 0 Å². The number of nitrogens with one attached hydrogen (secondary N) is 1. The molecule has 0 aliphatic carbocycles. The molecule has 0 bridgehead atoms. The van der Waals surface area contributed by atoms with Gasteiger partial charge in [-0.3, -0.25) is 5.32 Å². The van der Waals surface area contributed by atoms with E-state index in [9.17, 15) is 0 Å². The molecule has 2 aromatic heterocycles. The van der Waals surface area contributed by atoms with Crippen molar-refractivity contribution >= 4 is 0 Å². The maximum absolute atomic E-state index is 5.83. The van der Waals surface area contributed by atoms with E-state index in [0.717, 1.165) is 11.3 Å². The van der Waals surface area contributed by atoms with E-state index in [-0.39, 0.29) is 12.1 Å². The van der Waals surface area contributed by atoms with E-state index in [4.69, 9.17) is 8.83 Å². The summed E-state index contributed by atoms with van der Waals surface area (Å²) >= 11 is 0.